The molecule has 3 rings (SSSR count). The summed E-state index contributed by atoms with van der Waals surface area (Å²) in [5.74, 6) is -0.341. The lowest BCUT2D eigenvalue weighted by Crippen LogP contribution is -2.40. The minimum absolute atomic E-state index is 0.00582. The van der Waals surface area contributed by atoms with Crippen LogP contribution in [-0.4, -0.2) is 44.6 Å². The monoisotopic (exact) mass is 436 g/mol. The summed E-state index contributed by atoms with van der Waals surface area (Å²) in [6.07, 6.45) is 0.287. The lowest BCUT2D eigenvalue weighted by Gasteiger charge is -2.27. The second-order valence-corrected chi connectivity index (χ2v) is 11.3. The maximum absolute atomic E-state index is 13.4. The van der Waals surface area contributed by atoms with Crippen molar-refractivity contribution in [1.82, 2.24) is 9.62 Å². The minimum Gasteiger partial charge on any atom is -0.352 e. The fraction of sp³-hybridized carbons (Fsp3) is 0.350. The number of hydrogen-bond acceptors (Lipinski definition) is 5. The molecular weight excluding hydrogens is 412 g/mol. The first-order chi connectivity index (χ1) is 13.7. The summed E-state index contributed by atoms with van der Waals surface area (Å²) in [7, 11) is -7.14. The molecular formula is C20H24N2O5S2. The van der Waals surface area contributed by atoms with Crippen molar-refractivity contribution in [3.63, 3.8) is 0 Å². The van der Waals surface area contributed by atoms with Crippen molar-refractivity contribution >= 4 is 25.8 Å². The smallest absolute Gasteiger partial charge is 0.243 e. The zero-order valence-corrected chi connectivity index (χ0v) is 17.7. The number of carbonyl (C=O) groups excluding carboxylic acids is 1. The molecule has 2 aromatic rings. The van der Waals surface area contributed by atoms with E-state index in [0.29, 0.717) is 6.54 Å². The molecule has 1 N–H and O–H groups in total. The van der Waals surface area contributed by atoms with Gasteiger partial charge in [0.1, 0.15) is 0 Å². The highest BCUT2D eigenvalue weighted by Crippen LogP contribution is 2.27. The van der Waals surface area contributed by atoms with Gasteiger partial charge in [0.05, 0.1) is 16.4 Å². The maximum atomic E-state index is 13.4. The van der Waals surface area contributed by atoms with Gasteiger partial charge in [-0.15, -0.1) is 0 Å². The van der Waals surface area contributed by atoms with Crippen molar-refractivity contribution in [2.24, 2.45) is 0 Å². The van der Waals surface area contributed by atoms with Crippen molar-refractivity contribution in [2.45, 2.75) is 37.4 Å². The first-order valence-electron chi connectivity index (χ1n) is 9.27. The number of sulfone groups is 1. The summed E-state index contributed by atoms with van der Waals surface area (Å²) < 4.78 is 52.0. The van der Waals surface area contributed by atoms with Crippen LogP contribution in [0.3, 0.4) is 0 Å². The quantitative estimate of drug-likeness (QED) is 0.712. The van der Waals surface area contributed by atoms with Crippen LogP contribution in [0.4, 0.5) is 0 Å². The van der Waals surface area contributed by atoms with Gasteiger partial charge in [-0.25, -0.2) is 16.8 Å². The number of nitrogens with one attached hydrogen (secondary N) is 1. The predicted octanol–water partition coefficient (Wildman–Crippen LogP) is 1.70. The van der Waals surface area contributed by atoms with Gasteiger partial charge in [-0.3, -0.25) is 4.79 Å². The van der Waals surface area contributed by atoms with Crippen LogP contribution in [0.5, 0.6) is 0 Å². The van der Waals surface area contributed by atoms with Crippen LogP contribution in [0.1, 0.15) is 24.5 Å². The van der Waals surface area contributed by atoms with Crippen LogP contribution >= 0.6 is 0 Å². The molecule has 1 amide bonds. The summed E-state index contributed by atoms with van der Waals surface area (Å²) in [6.45, 7) is 1.83. The molecule has 9 heteroatoms. The Balaban J connectivity index is 1.90. The van der Waals surface area contributed by atoms with E-state index in [1.807, 2.05) is 30.3 Å². The van der Waals surface area contributed by atoms with E-state index in [-0.39, 0.29) is 35.3 Å². The van der Waals surface area contributed by atoms with Crippen LogP contribution in [0.25, 0.3) is 0 Å². The third-order valence-corrected chi connectivity index (χ3v) is 8.53. The summed E-state index contributed by atoms with van der Waals surface area (Å²) >= 11 is 0. The normalized spacial score (nSPS) is 18.6. The second-order valence-electron chi connectivity index (χ2n) is 7.15. The molecule has 0 radical (unpaired) electrons. The molecule has 0 saturated carbocycles. The number of amides is 1. The van der Waals surface area contributed by atoms with Crippen LogP contribution < -0.4 is 5.32 Å². The van der Waals surface area contributed by atoms with Gasteiger partial charge in [0.2, 0.25) is 15.9 Å². The van der Waals surface area contributed by atoms with E-state index >= 15 is 0 Å². The highest BCUT2D eigenvalue weighted by atomic mass is 32.2. The summed E-state index contributed by atoms with van der Waals surface area (Å²) in [6, 6.07) is 14.8. The Morgan fingerprint density at radius 1 is 1.07 bits per heavy atom. The molecule has 156 valence electrons. The average Bonchev–Trinajstić information content (AvgIpc) is 3.04. The average molecular weight is 437 g/mol. The highest BCUT2D eigenvalue weighted by molar-refractivity contribution is 7.92. The van der Waals surface area contributed by atoms with E-state index in [1.54, 1.807) is 12.1 Å². The van der Waals surface area contributed by atoms with Crippen molar-refractivity contribution in [2.75, 3.05) is 11.5 Å². The topological polar surface area (TPSA) is 101 Å². The summed E-state index contributed by atoms with van der Waals surface area (Å²) in [4.78, 5) is 11.1. The Kier molecular flexibility index (Phi) is 6.40. The molecule has 0 aromatic heterocycles. The van der Waals surface area contributed by atoms with Gasteiger partial charge in [-0.05, 0) is 29.7 Å². The van der Waals surface area contributed by atoms with Crippen LogP contribution in [0, 0.1) is 0 Å². The predicted molar refractivity (Wildman–Crippen MR) is 110 cm³/mol. The van der Waals surface area contributed by atoms with E-state index in [9.17, 15) is 21.6 Å². The Bertz CT molecular complexity index is 1070. The molecule has 1 fully saturated rings. The van der Waals surface area contributed by atoms with Crippen molar-refractivity contribution in [3.8, 4) is 0 Å². The third kappa shape index (κ3) is 5.43. The molecule has 1 saturated heterocycles. The molecule has 0 unspecified atom stereocenters. The Morgan fingerprint density at radius 2 is 1.72 bits per heavy atom. The van der Waals surface area contributed by atoms with Crippen molar-refractivity contribution < 1.29 is 21.6 Å². The lowest BCUT2D eigenvalue weighted by molar-refractivity contribution is -0.119. The largest absolute Gasteiger partial charge is 0.352 e. The highest BCUT2D eigenvalue weighted by Gasteiger charge is 2.38. The first-order valence-corrected chi connectivity index (χ1v) is 12.5. The second kappa shape index (κ2) is 8.64. The molecule has 1 heterocycles. The van der Waals surface area contributed by atoms with Gasteiger partial charge < -0.3 is 5.32 Å². The Hall–Kier alpha value is -2.23. The van der Waals surface area contributed by atoms with E-state index in [4.69, 9.17) is 0 Å². The van der Waals surface area contributed by atoms with Crippen LogP contribution in [0.15, 0.2) is 59.5 Å². The van der Waals surface area contributed by atoms with Crippen LogP contribution in [0.2, 0.25) is 0 Å². The van der Waals surface area contributed by atoms with Crippen LogP contribution in [-0.2, 0) is 37.7 Å². The minimum atomic E-state index is -3.90. The van der Waals surface area contributed by atoms with Gasteiger partial charge >= 0.3 is 0 Å². The van der Waals surface area contributed by atoms with E-state index in [1.165, 1.54) is 23.4 Å². The third-order valence-electron chi connectivity index (χ3n) is 4.87. The van der Waals surface area contributed by atoms with Crippen molar-refractivity contribution in [3.05, 3.63) is 65.7 Å². The van der Waals surface area contributed by atoms with Gasteiger partial charge in [0.15, 0.2) is 9.84 Å². The SMILES string of the molecule is CC(=O)NCc1ccc(S(=O)(=O)N(Cc2ccccc2)[C@H]2CCS(=O)(=O)C2)cc1. The molecule has 0 spiro atoms. The zero-order chi connectivity index (χ0) is 21.1. The van der Waals surface area contributed by atoms with E-state index < -0.39 is 25.9 Å². The number of benzene rings is 2. The van der Waals surface area contributed by atoms with Gasteiger partial charge in [0.25, 0.3) is 0 Å². The molecule has 1 aliphatic heterocycles. The molecule has 0 bridgehead atoms. The standard InChI is InChI=1S/C20H24N2O5S2/c1-16(23)21-13-17-7-9-20(10-8-17)29(26,27)22(14-18-5-3-2-4-6-18)19-11-12-28(24,25)15-19/h2-10,19H,11-15H2,1H3,(H,21,23)/t19-/m0/s1. The lowest BCUT2D eigenvalue weighted by atomic mass is 10.2. The van der Waals surface area contributed by atoms with Gasteiger partial charge in [-0.1, -0.05) is 42.5 Å². The van der Waals surface area contributed by atoms with Crippen molar-refractivity contribution in [1.29, 1.82) is 0 Å². The first kappa shape index (κ1) is 21.5. The number of rotatable bonds is 7. The molecule has 7 nitrogen and oxygen atoms in total. The Labute approximate surface area is 171 Å². The van der Waals surface area contributed by atoms with Gasteiger partial charge in [0, 0.05) is 26.1 Å². The van der Waals surface area contributed by atoms with Gasteiger partial charge in [-0.2, -0.15) is 4.31 Å². The molecule has 2 aromatic carbocycles. The maximum Gasteiger partial charge on any atom is 0.243 e. The molecule has 1 aliphatic rings. The fourth-order valence-electron chi connectivity index (χ4n) is 3.32. The molecule has 29 heavy (non-hydrogen) atoms. The summed E-state index contributed by atoms with van der Waals surface area (Å²) in [5, 5.41) is 2.66. The van der Waals surface area contributed by atoms with E-state index in [2.05, 4.69) is 5.32 Å². The Morgan fingerprint density at radius 3 is 2.28 bits per heavy atom. The number of nitrogens with zero attached hydrogens (tertiary/aromatic N) is 1. The number of sulfonamides is 1. The number of carbonyl (C=O) groups is 1. The summed E-state index contributed by atoms with van der Waals surface area (Å²) in [5.41, 5.74) is 1.57. The molecule has 1 atom stereocenters. The molecule has 0 aliphatic carbocycles. The van der Waals surface area contributed by atoms with E-state index in [0.717, 1.165) is 11.1 Å². The zero-order valence-electron chi connectivity index (χ0n) is 16.1. The number of hydrogen-bond donors (Lipinski definition) is 1. The fourth-order valence-corrected chi connectivity index (χ4v) is 6.78.